The standard InChI is InChI=1S/C21H23N3O2S2/c1-3-26-16-10-6-5-9-15(16)24-19(25)13(2)27-20-18-14-8-4-7-11-17(14)28-21(18)23-12-22-20/h5-6,9-10,12-13H,3-4,7-8,11H2,1-2H3,(H,24,25)/t13-/m0/s1. The van der Waals surface area contributed by atoms with Gasteiger partial charge >= 0.3 is 0 Å². The molecule has 2 aromatic heterocycles. The molecule has 5 nitrogen and oxygen atoms in total. The molecule has 0 fully saturated rings. The Labute approximate surface area is 172 Å². The van der Waals surface area contributed by atoms with Crippen LogP contribution in [-0.2, 0) is 17.6 Å². The lowest BCUT2D eigenvalue weighted by Crippen LogP contribution is -2.23. The van der Waals surface area contributed by atoms with Crippen LogP contribution in [0, 0.1) is 0 Å². The maximum atomic E-state index is 12.8. The zero-order valence-corrected chi connectivity index (χ0v) is 17.7. The lowest BCUT2D eigenvalue weighted by atomic mass is 9.97. The lowest BCUT2D eigenvalue weighted by molar-refractivity contribution is -0.115. The molecule has 1 atom stereocenters. The molecule has 4 rings (SSSR count). The van der Waals surface area contributed by atoms with Gasteiger partial charge < -0.3 is 10.1 Å². The smallest absolute Gasteiger partial charge is 0.237 e. The fraction of sp³-hybridized carbons (Fsp3) is 0.381. The Bertz CT molecular complexity index is 1000. The van der Waals surface area contributed by atoms with Gasteiger partial charge in [-0.2, -0.15) is 0 Å². The second-order valence-corrected chi connectivity index (χ2v) is 9.16. The van der Waals surface area contributed by atoms with Crippen molar-refractivity contribution in [1.29, 1.82) is 0 Å². The van der Waals surface area contributed by atoms with E-state index in [4.69, 9.17) is 4.74 Å². The molecule has 0 aliphatic heterocycles. The Kier molecular flexibility index (Phi) is 5.82. The molecule has 28 heavy (non-hydrogen) atoms. The summed E-state index contributed by atoms with van der Waals surface area (Å²) in [6, 6.07) is 7.51. The molecule has 0 saturated heterocycles. The van der Waals surface area contributed by atoms with E-state index in [1.165, 1.54) is 35.0 Å². The predicted octanol–water partition coefficient (Wildman–Crippen LogP) is 5.09. The Morgan fingerprint density at radius 1 is 1.29 bits per heavy atom. The highest BCUT2D eigenvalue weighted by Gasteiger charge is 2.23. The summed E-state index contributed by atoms with van der Waals surface area (Å²) in [4.78, 5) is 24.3. The fourth-order valence-electron chi connectivity index (χ4n) is 3.46. The van der Waals surface area contributed by atoms with Crippen LogP contribution in [0.15, 0.2) is 35.6 Å². The van der Waals surface area contributed by atoms with Crippen LogP contribution in [0.3, 0.4) is 0 Å². The molecule has 1 aromatic carbocycles. The molecule has 0 spiro atoms. The van der Waals surface area contributed by atoms with E-state index in [0.717, 1.165) is 28.1 Å². The molecule has 0 unspecified atom stereocenters. The molecule has 146 valence electrons. The monoisotopic (exact) mass is 413 g/mol. The number of aryl methyl sites for hydroxylation is 2. The van der Waals surface area contributed by atoms with Crippen LogP contribution in [0.2, 0.25) is 0 Å². The number of carbonyl (C=O) groups excluding carboxylic acids is 1. The van der Waals surface area contributed by atoms with Gasteiger partial charge in [-0.25, -0.2) is 9.97 Å². The number of nitrogens with one attached hydrogen (secondary N) is 1. The Morgan fingerprint density at radius 2 is 2.11 bits per heavy atom. The summed E-state index contributed by atoms with van der Waals surface area (Å²) in [5, 5.41) is 4.77. The highest BCUT2D eigenvalue weighted by Crippen LogP contribution is 2.40. The molecule has 0 bridgehead atoms. The molecular weight excluding hydrogens is 390 g/mol. The Hall–Kier alpha value is -2.12. The van der Waals surface area contributed by atoms with Crippen molar-refractivity contribution in [2.45, 2.75) is 49.8 Å². The maximum Gasteiger partial charge on any atom is 0.237 e. The number of thioether (sulfide) groups is 1. The number of nitrogens with zero attached hydrogens (tertiary/aromatic N) is 2. The quantitative estimate of drug-likeness (QED) is 0.450. The number of carbonyl (C=O) groups is 1. The van der Waals surface area contributed by atoms with Crippen LogP contribution in [-0.4, -0.2) is 27.7 Å². The Balaban J connectivity index is 1.55. The van der Waals surface area contributed by atoms with E-state index in [0.29, 0.717) is 18.0 Å². The first-order valence-corrected chi connectivity index (χ1v) is 11.3. The summed E-state index contributed by atoms with van der Waals surface area (Å²) in [6.07, 6.45) is 6.28. The van der Waals surface area contributed by atoms with Crippen LogP contribution >= 0.6 is 23.1 Å². The third-order valence-corrected chi connectivity index (χ3v) is 7.12. The molecular formula is C21H23N3O2S2. The Morgan fingerprint density at radius 3 is 2.96 bits per heavy atom. The zero-order valence-electron chi connectivity index (χ0n) is 16.0. The van der Waals surface area contributed by atoms with Gasteiger partial charge in [0.25, 0.3) is 0 Å². The van der Waals surface area contributed by atoms with Crippen LogP contribution in [0.5, 0.6) is 5.75 Å². The number of thiophene rings is 1. The lowest BCUT2D eigenvalue weighted by Gasteiger charge is -2.15. The van der Waals surface area contributed by atoms with Gasteiger partial charge in [0.05, 0.1) is 17.5 Å². The van der Waals surface area contributed by atoms with Gasteiger partial charge in [0.1, 0.15) is 21.9 Å². The van der Waals surface area contributed by atoms with Crippen LogP contribution in [0.25, 0.3) is 10.2 Å². The van der Waals surface area contributed by atoms with Gasteiger partial charge in [-0.3, -0.25) is 4.79 Å². The number of rotatable bonds is 6. The number of anilines is 1. The molecule has 3 aromatic rings. The SMILES string of the molecule is CCOc1ccccc1NC(=O)[C@H](C)Sc1ncnc2sc3c(c12)CCCC3. The van der Waals surface area contributed by atoms with Crippen molar-refractivity contribution >= 4 is 44.9 Å². The fourth-order valence-corrected chi connectivity index (χ4v) is 5.70. The number of amides is 1. The van der Waals surface area contributed by atoms with Crippen molar-refractivity contribution in [2.24, 2.45) is 0 Å². The largest absolute Gasteiger partial charge is 0.492 e. The molecule has 1 aliphatic rings. The third kappa shape index (κ3) is 3.86. The number of hydrogen-bond acceptors (Lipinski definition) is 6. The van der Waals surface area contributed by atoms with Gasteiger partial charge in [0.15, 0.2) is 0 Å². The van der Waals surface area contributed by atoms with E-state index in [9.17, 15) is 4.79 Å². The predicted molar refractivity (Wildman–Crippen MR) is 116 cm³/mol. The van der Waals surface area contributed by atoms with Crippen molar-refractivity contribution in [3.63, 3.8) is 0 Å². The van der Waals surface area contributed by atoms with E-state index in [1.54, 1.807) is 17.7 Å². The van der Waals surface area contributed by atoms with Gasteiger partial charge in [0, 0.05) is 10.3 Å². The van der Waals surface area contributed by atoms with E-state index in [1.807, 2.05) is 38.1 Å². The summed E-state index contributed by atoms with van der Waals surface area (Å²) in [7, 11) is 0. The first kappa shape index (κ1) is 19.2. The minimum atomic E-state index is -0.285. The van der Waals surface area contributed by atoms with Crippen LogP contribution in [0.4, 0.5) is 5.69 Å². The van der Waals surface area contributed by atoms with Gasteiger partial charge in [0.2, 0.25) is 5.91 Å². The van der Waals surface area contributed by atoms with Crippen molar-refractivity contribution < 1.29 is 9.53 Å². The third-order valence-electron chi connectivity index (χ3n) is 4.82. The number of hydrogen-bond donors (Lipinski definition) is 1. The average molecular weight is 414 g/mol. The number of aromatic nitrogens is 2. The van der Waals surface area contributed by atoms with Crippen molar-refractivity contribution in [3.8, 4) is 5.75 Å². The molecule has 7 heteroatoms. The minimum Gasteiger partial charge on any atom is -0.492 e. The first-order valence-electron chi connectivity index (χ1n) is 9.62. The summed E-state index contributed by atoms with van der Waals surface area (Å²) >= 11 is 3.28. The molecule has 1 N–H and O–H groups in total. The summed E-state index contributed by atoms with van der Waals surface area (Å²) < 4.78 is 5.60. The van der Waals surface area contributed by atoms with E-state index < -0.39 is 0 Å². The summed E-state index contributed by atoms with van der Waals surface area (Å²) in [6.45, 7) is 4.40. The number of ether oxygens (including phenoxy) is 1. The second-order valence-electron chi connectivity index (χ2n) is 6.75. The highest BCUT2D eigenvalue weighted by molar-refractivity contribution is 8.00. The van der Waals surface area contributed by atoms with Crippen molar-refractivity contribution in [3.05, 3.63) is 41.0 Å². The van der Waals surface area contributed by atoms with Crippen LogP contribution < -0.4 is 10.1 Å². The van der Waals surface area contributed by atoms with E-state index in [2.05, 4.69) is 15.3 Å². The normalized spacial score (nSPS) is 14.5. The summed E-state index contributed by atoms with van der Waals surface area (Å²) in [5.41, 5.74) is 2.09. The van der Waals surface area contributed by atoms with Crippen LogP contribution in [0.1, 0.15) is 37.1 Å². The topological polar surface area (TPSA) is 64.1 Å². The first-order chi connectivity index (χ1) is 13.7. The molecule has 0 saturated carbocycles. The number of benzene rings is 1. The second kappa shape index (κ2) is 8.49. The number of fused-ring (bicyclic) bond motifs is 3. The van der Waals surface area contributed by atoms with Crippen molar-refractivity contribution in [1.82, 2.24) is 9.97 Å². The highest BCUT2D eigenvalue weighted by atomic mass is 32.2. The van der Waals surface area contributed by atoms with Gasteiger partial charge in [-0.05, 0) is 57.2 Å². The zero-order chi connectivity index (χ0) is 19.5. The summed E-state index contributed by atoms with van der Waals surface area (Å²) in [5.74, 6) is 0.625. The molecule has 1 amide bonds. The van der Waals surface area contributed by atoms with Gasteiger partial charge in [-0.15, -0.1) is 11.3 Å². The minimum absolute atomic E-state index is 0.0620. The molecule has 2 heterocycles. The van der Waals surface area contributed by atoms with Gasteiger partial charge in [-0.1, -0.05) is 23.9 Å². The molecule has 1 aliphatic carbocycles. The molecule has 0 radical (unpaired) electrons. The maximum absolute atomic E-state index is 12.8. The van der Waals surface area contributed by atoms with Crippen molar-refractivity contribution in [2.75, 3.05) is 11.9 Å². The average Bonchev–Trinajstić information content (AvgIpc) is 3.09. The number of para-hydroxylation sites is 2. The van der Waals surface area contributed by atoms with E-state index >= 15 is 0 Å². The van der Waals surface area contributed by atoms with E-state index in [-0.39, 0.29) is 11.2 Å².